The Hall–Kier alpha value is -2.62. The van der Waals surface area contributed by atoms with E-state index in [1.807, 2.05) is 6.92 Å². The smallest absolute Gasteiger partial charge is 0.292 e. The molecule has 0 radical (unpaired) electrons. The molecule has 0 fully saturated rings. The summed E-state index contributed by atoms with van der Waals surface area (Å²) in [5.74, 6) is 0. The molecule has 0 spiro atoms. The van der Waals surface area contributed by atoms with Crippen LogP contribution in [-0.2, 0) is 16.6 Å². The van der Waals surface area contributed by atoms with Gasteiger partial charge in [-0.05, 0) is 19.1 Å². The molecule has 10 heteroatoms. The van der Waals surface area contributed by atoms with Crippen LogP contribution >= 0.6 is 0 Å². The Morgan fingerprint density at radius 2 is 2.19 bits per heavy atom. The first-order chi connectivity index (χ1) is 9.83. The van der Waals surface area contributed by atoms with Crippen molar-refractivity contribution in [3.8, 4) is 0 Å². The van der Waals surface area contributed by atoms with E-state index in [1.165, 1.54) is 12.4 Å². The number of nitro groups is 1. The van der Waals surface area contributed by atoms with Gasteiger partial charge in [-0.15, -0.1) is 0 Å². The fourth-order valence-corrected chi connectivity index (χ4v) is 2.73. The Morgan fingerprint density at radius 3 is 2.71 bits per heavy atom. The summed E-state index contributed by atoms with van der Waals surface area (Å²) in [5.41, 5.74) is 5.23. The number of aryl methyl sites for hydroxylation is 1. The van der Waals surface area contributed by atoms with Crippen LogP contribution in [0.15, 0.2) is 35.5 Å². The van der Waals surface area contributed by atoms with E-state index in [1.54, 1.807) is 4.68 Å². The number of anilines is 2. The van der Waals surface area contributed by atoms with Crippen LogP contribution in [0.5, 0.6) is 0 Å². The summed E-state index contributed by atoms with van der Waals surface area (Å²) in [5, 5.41) is 14.6. The lowest BCUT2D eigenvalue weighted by Gasteiger charge is -2.06. The number of hydrogen-bond acceptors (Lipinski definition) is 6. The standard InChI is InChI=1S/C11H13N5O4S/c1-2-15-7-8(6-13-15)14-21(19,20)9-3-4-11(16(17)18)10(12)5-9/h3-7,14H,2,12H2,1H3. The van der Waals surface area contributed by atoms with Crippen molar-refractivity contribution in [2.75, 3.05) is 10.5 Å². The number of nitrogen functional groups attached to an aromatic ring is 1. The number of nitrogens with one attached hydrogen (secondary N) is 1. The van der Waals surface area contributed by atoms with Gasteiger partial charge in [-0.25, -0.2) is 8.42 Å². The van der Waals surface area contributed by atoms with Crippen molar-refractivity contribution in [3.05, 3.63) is 40.7 Å². The van der Waals surface area contributed by atoms with E-state index >= 15 is 0 Å². The monoisotopic (exact) mass is 311 g/mol. The normalized spacial score (nSPS) is 11.3. The Labute approximate surface area is 120 Å². The topological polar surface area (TPSA) is 133 Å². The lowest BCUT2D eigenvalue weighted by Crippen LogP contribution is -2.13. The third-order valence-electron chi connectivity index (χ3n) is 2.72. The molecule has 0 amide bonds. The quantitative estimate of drug-likeness (QED) is 0.484. The van der Waals surface area contributed by atoms with Gasteiger partial charge in [0, 0.05) is 18.8 Å². The molecular weight excluding hydrogens is 298 g/mol. The van der Waals surface area contributed by atoms with E-state index in [-0.39, 0.29) is 16.3 Å². The van der Waals surface area contributed by atoms with Crippen LogP contribution in [0.1, 0.15) is 6.92 Å². The van der Waals surface area contributed by atoms with Gasteiger partial charge in [-0.1, -0.05) is 0 Å². The number of nitrogens with two attached hydrogens (primary N) is 1. The molecule has 0 saturated heterocycles. The van der Waals surface area contributed by atoms with Gasteiger partial charge in [0.25, 0.3) is 15.7 Å². The number of aromatic nitrogens is 2. The second kappa shape index (κ2) is 5.40. The summed E-state index contributed by atoms with van der Waals surface area (Å²) in [4.78, 5) is 9.83. The zero-order chi connectivity index (χ0) is 15.6. The highest BCUT2D eigenvalue weighted by Crippen LogP contribution is 2.25. The molecule has 0 aliphatic heterocycles. The molecule has 1 aromatic heterocycles. The molecule has 0 aliphatic rings. The molecule has 21 heavy (non-hydrogen) atoms. The minimum absolute atomic E-state index is 0.158. The Balaban J connectivity index is 2.31. The summed E-state index contributed by atoms with van der Waals surface area (Å²) < 4.78 is 28.2. The van der Waals surface area contributed by atoms with Crippen LogP contribution in [0, 0.1) is 10.1 Å². The molecule has 2 rings (SSSR count). The molecular formula is C11H13N5O4S. The van der Waals surface area contributed by atoms with Crippen LogP contribution in [0.2, 0.25) is 0 Å². The molecule has 2 aromatic rings. The molecule has 0 aliphatic carbocycles. The number of sulfonamides is 1. The predicted molar refractivity (Wildman–Crippen MR) is 76.2 cm³/mol. The average molecular weight is 311 g/mol. The van der Waals surface area contributed by atoms with Crippen molar-refractivity contribution < 1.29 is 13.3 Å². The second-order valence-corrected chi connectivity index (χ2v) is 5.85. The number of hydrogen-bond donors (Lipinski definition) is 2. The fraction of sp³-hybridized carbons (Fsp3) is 0.182. The van der Waals surface area contributed by atoms with Crippen molar-refractivity contribution in [3.63, 3.8) is 0 Å². The van der Waals surface area contributed by atoms with E-state index in [0.717, 1.165) is 18.2 Å². The molecule has 0 saturated carbocycles. The van der Waals surface area contributed by atoms with Crippen molar-refractivity contribution in [2.24, 2.45) is 0 Å². The first-order valence-electron chi connectivity index (χ1n) is 5.92. The van der Waals surface area contributed by atoms with Gasteiger partial charge in [0.15, 0.2) is 0 Å². The minimum Gasteiger partial charge on any atom is -0.393 e. The van der Waals surface area contributed by atoms with Crippen molar-refractivity contribution >= 4 is 27.1 Å². The van der Waals surface area contributed by atoms with E-state index in [4.69, 9.17) is 5.73 Å². The summed E-state index contributed by atoms with van der Waals surface area (Å²) in [7, 11) is -3.88. The second-order valence-electron chi connectivity index (χ2n) is 4.17. The largest absolute Gasteiger partial charge is 0.393 e. The van der Waals surface area contributed by atoms with Gasteiger partial charge in [0.05, 0.1) is 21.7 Å². The lowest BCUT2D eigenvalue weighted by atomic mass is 10.3. The maximum atomic E-state index is 12.2. The maximum Gasteiger partial charge on any atom is 0.292 e. The molecule has 3 N–H and O–H groups in total. The molecule has 0 bridgehead atoms. The molecule has 0 atom stereocenters. The molecule has 0 unspecified atom stereocenters. The molecule has 9 nitrogen and oxygen atoms in total. The van der Waals surface area contributed by atoms with Crippen LogP contribution < -0.4 is 10.5 Å². The fourth-order valence-electron chi connectivity index (χ4n) is 1.67. The van der Waals surface area contributed by atoms with Crippen LogP contribution in [0.25, 0.3) is 0 Å². The first kappa shape index (κ1) is 14.8. The van der Waals surface area contributed by atoms with E-state index < -0.39 is 14.9 Å². The van der Waals surface area contributed by atoms with Gasteiger partial charge < -0.3 is 5.73 Å². The van der Waals surface area contributed by atoms with Crippen LogP contribution in [0.4, 0.5) is 17.1 Å². The number of benzene rings is 1. The van der Waals surface area contributed by atoms with Crippen LogP contribution in [0.3, 0.4) is 0 Å². The van der Waals surface area contributed by atoms with Gasteiger partial charge >= 0.3 is 0 Å². The maximum absolute atomic E-state index is 12.2. The highest BCUT2D eigenvalue weighted by Gasteiger charge is 2.19. The minimum atomic E-state index is -3.88. The molecule has 1 aromatic carbocycles. The SMILES string of the molecule is CCn1cc(NS(=O)(=O)c2ccc([N+](=O)[O-])c(N)c2)cn1. The van der Waals surface area contributed by atoms with Gasteiger partial charge in [0.2, 0.25) is 0 Å². The number of nitrogens with zero attached hydrogens (tertiary/aromatic N) is 3. The highest BCUT2D eigenvalue weighted by atomic mass is 32.2. The Bertz CT molecular complexity index is 784. The molecule has 1 heterocycles. The van der Waals surface area contributed by atoms with E-state index in [0.29, 0.717) is 12.2 Å². The van der Waals surface area contributed by atoms with Gasteiger partial charge in [-0.2, -0.15) is 5.10 Å². The first-order valence-corrected chi connectivity index (χ1v) is 7.41. The number of rotatable bonds is 5. The van der Waals surface area contributed by atoms with Gasteiger partial charge in [-0.3, -0.25) is 19.5 Å². The average Bonchev–Trinajstić information content (AvgIpc) is 2.85. The summed E-state index contributed by atoms with van der Waals surface area (Å²) in [6.45, 7) is 2.47. The van der Waals surface area contributed by atoms with Crippen LogP contribution in [-0.4, -0.2) is 23.1 Å². The van der Waals surface area contributed by atoms with Crippen molar-refractivity contribution in [1.29, 1.82) is 0 Å². The van der Waals surface area contributed by atoms with Crippen molar-refractivity contribution in [1.82, 2.24) is 9.78 Å². The predicted octanol–water partition coefficient (Wildman–Crippen LogP) is 1.19. The third-order valence-corrected chi connectivity index (χ3v) is 4.09. The molecule has 112 valence electrons. The zero-order valence-corrected chi connectivity index (χ0v) is 11.9. The van der Waals surface area contributed by atoms with Crippen molar-refractivity contribution in [2.45, 2.75) is 18.4 Å². The highest BCUT2D eigenvalue weighted by molar-refractivity contribution is 7.92. The zero-order valence-electron chi connectivity index (χ0n) is 11.1. The summed E-state index contributed by atoms with van der Waals surface area (Å²) >= 11 is 0. The lowest BCUT2D eigenvalue weighted by molar-refractivity contribution is -0.383. The Morgan fingerprint density at radius 1 is 1.48 bits per heavy atom. The third kappa shape index (κ3) is 3.11. The van der Waals surface area contributed by atoms with E-state index in [2.05, 4.69) is 9.82 Å². The summed E-state index contributed by atoms with van der Waals surface area (Å²) in [6, 6.07) is 3.23. The number of nitro benzene ring substituents is 1. The Kier molecular flexibility index (Phi) is 3.80. The van der Waals surface area contributed by atoms with Gasteiger partial charge in [0.1, 0.15) is 5.69 Å². The summed E-state index contributed by atoms with van der Waals surface area (Å²) in [6.07, 6.45) is 2.90. The van der Waals surface area contributed by atoms with E-state index in [9.17, 15) is 18.5 Å².